The standard InChI is InChI=1S/C30H36ClN3O4S/c1-4-20-32-30(36)27(6-3)33(21-24-15-10-12-18-26(24)31)29(35)22-34(28-19-13-11-14-23(28)5-2)39(37,38)25-16-8-7-9-17-25/h7-19,27H,4-6,20-22H2,1-3H3,(H,32,36)/t27-/m0/s1. The number of hydrogen-bond acceptors (Lipinski definition) is 4. The molecular formula is C30H36ClN3O4S. The number of nitrogens with zero attached hydrogens (tertiary/aromatic N) is 2. The van der Waals surface area contributed by atoms with E-state index in [4.69, 9.17) is 11.6 Å². The van der Waals surface area contributed by atoms with Crippen molar-refractivity contribution in [3.63, 3.8) is 0 Å². The van der Waals surface area contributed by atoms with Gasteiger partial charge >= 0.3 is 0 Å². The first-order valence-corrected chi connectivity index (χ1v) is 15.0. The molecule has 3 rings (SSSR count). The second kappa shape index (κ2) is 14.1. The summed E-state index contributed by atoms with van der Waals surface area (Å²) in [5.74, 6) is -0.787. The fraction of sp³-hybridized carbons (Fsp3) is 0.333. The molecule has 0 saturated heterocycles. The Hall–Kier alpha value is -3.36. The highest BCUT2D eigenvalue weighted by Gasteiger charge is 2.34. The average molecular weight is 570 g/mol. The van der Waals surface area contributed by atoms with E-state index in [-0.39, 0.29) is 17.3 Å². The molecule has 39 heavy (non-hydrogen) atoms. The lowest BCUT2D eigenvalue weighted by Gasteiger charge is -2.33. The van der Waals surface area contributed by atoms with Crippen LogP contribution in [-0.2, 0) is 32.6 Å². The molecule has 1 atom stereocenters. The van der Waals surface area contributed by atoms with Gasteiger partial charge in [0.1, 0.15) is 12.6 Å². The monoisotopic (exact) mass is 569 g/mol. The van der Waals surface area contributed by atoms with Gasteiger partial charge in [-0.15, -0.1) is 0 Å². The summed E-state index contributed by atoms with van der Waals surface area (Å²) in [6, 6.07) is 21.5. The number of aryl methyl sites for hydroxylation is 1. The molecule has 3 aromatic rings. The molecule has 1 N–H and O–H groups in total. The van der Waals surface area contributed by atoms with Crippen molar-refractivity contribution in [2.45, 2.75) is 57.5 Å². The molecule has 0 aliphatic heterocycles. The number of hydrogen-bond donors (Lipinski definition) is 1. The minimum atomic E-state index is -4.10. The first-order chi connectivity index (χ1) is 18.7. The Kier molecular flexibility index (Phi) is 10.9. The molecule has 0 spiro atoms. The first-order valence-electron chi connectivity index (χ1n) is 13.2. The number of para-hydroxylation sites is 1. The van der Waals surface area contributed by atoms with Crippen LogP contribution in [-0.4, -0.2) is 44.3 Å². The third-order valence-electron chi connectivity index (χ3n) is 6.48. The zero-order valence-electron chi connectivity index (χ0n) is 22.6. The van der Waals surface area contributed by atoms with Crippen molar-refractivity contribution < 1.29 is 18.0 Å². The zero-order valence-corrected chi connectivity index (χ0v) is 24.2. The number of halogens is 1. The van der Waals surface area contributed by atoms with Gasteiger partial charge in [-0.05, 0) is 54.7 Å². The van der Waals surface area contributed by atoms with E-state index in [1.165, 1.54) is 17.0 Å². The smallest absolute Gasteiger partial charge is 0.264 e. The summed E-state index contributed by atoms with van der Waals surface area (Å²) in [5.41, 5.74) is 1.88. The molecule has 7 nitrogen and oxygen atoms in total. The van der Waals surface area contributed by atoms with Gasteiger partial charge in [-0.25, -0.2) is 8.42 Å². The SMILES string of the molecule is CCCNC(=O)[C@H](CC)N(Cc1ccccc1Cl)C(=O)CN(c1ccccc1CC)S(=O)(=O)c1ccccc1. The largest absolute Gasteiger partial charge is 0.354 e. The normalized spacial score (nSPS) is 12.0. The predicted octanol–water partition coefficient (Wildman–Crippen LogP) is 5.43. The van der Waals surface area contributed by atoms with Gasteiger partial charge < -0.3 is 10.2 Å². The van der Waals surface area contributed by atoms with Crippen LogP contribution in [0.15, 0.2) is 83.8 Å². The molecule has 0 fully saturated rings. The maximum Gasteiger partial charge on any atom is 0.264 e. The van der Waals surface area contributed by atoms with Crippen molar-refractivity contribution in [1.29, 1.82) is 0 Å². The predicted molar refractivity (Wildman–Crippen MR) is 156 cm³/mol. The van der Waals surface area contributed by atoms with Gasteiger partial charge in [0.2, 0.25) is 11.8 Å². The summed E-state index contributed by atoms with van der Waals surface area (Å²) < 4.78 is 29.0. The van der Waals surface area contributed by atoms with Crippen LogP contribution >= 0.6 is 11.6 Å². The number of nitrogens with one attached hydrogen (secondary N) is 1. The molecule has 0 bridgehead atoms. The van der Waals surface area contributed by atoms with Gasteiger partial charge in [0.05, 0.1) is 10.6 Å². The number of carbonyl (C=O) groups is 2. The van der Waals surface area contributed by atoms with Crippen LogP contribution in [0, 0.1) is 0 Å². The lowest BCUT2D eigenvalue weighted by atomic mass is 10.1. The third kappa shape index (κ3) is 7.40. The lowest BCUT2D eigenvalue weighted by molar-refractivity contribution is -0.140. The molecule has 0 heterocycles. The van der Waals surface area contributed by atoms with E-state index < -0.39 is 28.5 Å². The zero-order chi connectivity index (χ0) is 28.4. The first kappa shape index (κ1) is 30.2. The Labute approximate surface area is 236 Å². The molecule has 208 valence electrons. The molecule has 9 heteroatoms. The minimum Gasteiger partial charge on any atom is -0.354 e. The molecule has 2 amide bonds. The van der Waals surface area contributed by atoms with Crippen molar-refractivity contribution in [3.8, 4) is 0 Å². The molecule has 0 unspecified atom stereocenters. The van der Waals surface area contributed by atoms with Crippen LogP contribution in [0.4, 0.5) is 5.69 Å². The van der Waals surface area contributed by atoms with Crippen LogP contribution in [0.1, 0.15) is 44.7 Å². The molecule has 3 aromatic carbocycles. The number of carbonyl (C=O) groups excluding carboxylic acids is 2. The molecule has 0 aliphatic carbocycles. The van der Waals surface area contributed by atoms with Gasteiger partial charge in [0.25, 0.3) is 10.0 Å². The van der Waals surface area contributed by atoms with E-state index in [2.05, 4.69) is 5.32 Å². The maximum atomic E-state index is 14.1. The topological polar surface area (TPSA) is 86.8 Å². The van der Waals surface area contributed by atoms with Gasteiger partial charge in [0, 0.05) is 18.1 Å². The number of rotatable bonds is 13. The highest BCUT2D eigenvalue weighted by molar-refractivity contribution is 7.92. The van der Waals surface area contributed by atoms with E-state index in [1.54, 1.807) is 48.5 Å². The van der Waals surface area contributed by atoms with Crippen molar-refractivity contribution in [2.24, 2.45) is 0 Å². The van der Waals surface area contributed by atoms with Crippen LogP contribution in [0.25, 0.3) is 0 Å². The maximum absolute atomic E-state index is 14.1. The number of anilines is 1. The van der Waals surface area contributed by atoms with Crippen molar-refractivity contribution in [2.75, 3.05) is 17.4 Å². The minimum absolute atomic E-state index is 0.0607. The molecule has 0 radical (unpaired) electrons. The van der Waals surface area contributed by atoms with Crippen LogP contribution < -0.4 is 9.62 Å². The van der Waals surface area contributed by atoms with Crippen LogP contribution in [0.5, 0.6) is 0 Å². The quantitative estimate of drug-likeness (QED) is 0.297. The Morgan fingerprint density at radius 2 is 1.49 bits per heavy atom. The fourth-order valence-corrected chi connectivity index (χ4v) is 6.05. The summed E-state index contributed by atoms with van der Waals surface area (Å²) in [4.78, 5) is 28.8. The summed E-state index contributed by atoms with van der Waals surface area (Å²) in [7, 11) is -4.10. The fourth-order valence-electron chi connectivity index (χ4n) is 4.38. The highest BCUT2D eigenvalue weighted by atomic mass is 35.5. The van der Waals surface area contributed by atoms with Gasteiger partial charge in [0.15, 0.2) is 0 Å². The third-order valence-corrected chi connectivity index (χ3v) is 8.63. The van der Waals surface area contributed by atoms with E-state index >= 15 is 0 Å². The molecule has 0 aliphatic rings. The summed E-state index contributed by atoms with van der Waals surface area (Å²) >= 11 is 6.43. The van der Waals surface area contributed by atoms with Gasteiger partial charge in [-0.3, -0.25) is 13.9 Å². The molecular weight excluding hydrogens is 534 g/mol. The van der Waals surface area contributed by atoms with Crippen molar-refractivity contribution >= 4 is 39.1 Å². The van der Waals surface area contributed by atoms with E-state index in [9.17, 15) is 18.0 Å². The Balaban J connectivity index is 2.09. The molecule has 0 saturated carbocycles. The number of sulfonamides is 1. The van der Waals surface area contributed by atoms with E-state index in [0.717, 1.165) is 16.3 Å². The van der Waals surface area contributed by atoms with Crippen molar-refractivity contribution in [1.82, 2.24) is 10.2 Å². The lowest BCUT2D eigenvalue weighted by Crippen LogP contribution is -2.52. The summed E-state index contributed by atoms with van der Waals surface area (Å²) in [6.07, 6.45) is 1.67. The van der Waals surface area contributed by atoms with E-state index in [1.807, 2.05) is 39.0 Å². The molecule has 0 aromatic heterocycles. The highest BCUT2D eigenvalue weighted by Crippen LogP contribution is 2.28. The van der Waals surface area contributed by atoms with E-state index in [0.29, 0.717) is 35.7 Å². The second-order valence-corrected chi connectivity index (χ2v) is 11.4. The summed E-state index contributed by atoms with van der Waals surface area (Å²) in [5, 5.41) is 3.34. The van der Waals surface area contributed by atoms with Crippen molar-refractivity contribution in [3.05, 3.63) is 95.0 Å². The average Bonchev–Trinajstić information content (AvgIpc) is 2.95. The second-order valence-electron chi connectivity index (χ2n) is 9.14. The Morgan fingerprint density at radius 1 is 0.872 bits per heavy atom. The number of benzene rings is 3. The summed E-state index contributed by atoms with van der Waals surface area (Å²) in [6.45, 7) is 5.77. The van der Waals surface area contributed by atoms with Crippen LogP contribution in [0.3, 0.4) is 0 Å². The number of amides is 2. The van der Waals surface area contributed by atoms with Gasteiger partial charge in [-0.1, -0.05) is 87.0 Å². The van der Waals surface area contributed by atoms with Crippen LogP contribution in [0.2, 0.25) is 5.02 Å². The Morgan fingerprint density at radius 3 is 2.10 bits per heavy atom. The Bertz CT molecular complexity index is 1370. The van der Waals surface area contributed by atoms with Gasteiger partial charge in [-0.2, -0.15) is 0 Å².